The van der Waals surface area contributed by atoms with E-state index in [0.29, 0.717) is 22.4 Å². The van der Waals surface area contributed by atoms with Gasteiger partial charge in [-0.15, -0.1) is 0 Å². The molecule has 1 aliphatic rings. The van der Waals surface area contributed by atoms with Crippen LogP contribution in [0.5, 0.6) is 11.5 Å². The first-order chi connectivity index (χ1) is 16.9. The summed E-state index contributed by atoms with van der Waals surface area (Å²) >= 11 is 0. The predicted octanol–water partition coefficient (Wildman–Crippen LogP) is 5.06. The number of amides is 2. The molecule has 0 bridgehead atoms. The van der Waals surface area contributed by atoms with Crippen molar-refractivity contribution >= 4 is 23.7 Å². The van der Waals surface area contributed by atoms with Gasteiger partial charge in [-0.25, -0.2) is 9.59 Å². The summed E-state index contributed by atoms with van der Waals surface area (Å²) in [6.45, 7) is 3.54. The lowest BCUT2D eigenvalue weighted by Gasteiger charge is -2.19. The number of para-hydroxylation sites is 1. The zero-order valence-electron chi connectivity index (χ0n) is 19.9. The Morgan fingerprint density at radius 2 is 1.92 bits per heavy atom. The van der Waals surface area contributed by atoms with Gasteiger partial charge in [0.2, 0.25) is 0 Å². The lowest BCUT2D eigenvalue weighted by Crippen LogP contribution is -2.22. The number of urea groups is 1. The number of nitrogens with two attached hydrogens (primary N) is 1. The Bertz CT molecular complexity index is 1240. The number of ether oxygens (including phenoxy) is 3. The van der Waals surface area contributed by atoms with Crippen molar-refractivity contribution in [3.8, 4) is 11.5 Å². The molecule has 0 saturated heterocycles. The van der Waals surface area contributed by atoms with Crippen molar-refractivity contribution in [1.29, 1.82) is 0 Å². The van der Waals surface area contributed by atoms with Crippen molar-refractivity contribution in [2.45, 2.75) is 45.9 Å². The SMILES string of the molecule is COc1c(C)c2c(c(NC(N)=O)c1CC=C(C)CCC(=O)Oc1ccccc1C(F)(F)F)C(=O)OC2. The number of rotatable bonds is 8. The van der Waals surface area contributed by atoms with Gasteiger partial charge in [-0.2, -0.15) is 13.2 Å². The minimum absolute atomic E-state index is 0.0402. The van der Waals surface area contributed by atoms with Crippen molar-refractivity contribution in [3.05, 3.63) is 63.7 Å². The molecule has 0 saturated carbocycles. The van der Waals surface area contributed by atoms with Crippen molar-refractivity contribution in [2.75, 3.05) is 12.4 Å². The number of carbonyl (C=O) groups excluding carboxylic acids is 3. The summed E-state index contributed by atoms with van der Waals surface area (Å²) in [5, 5.41) is 2.49. The Hall–Kier alpha value is -4.02. The Morgan fingerprint density at radius 1 is 1.22 bits per heavy atom. The first-order valence-electron chi connectivity index (χ1n) is 10.9. The first-order valence-corrected chi connectivity index (χ1v) is 10.9. The van der Waals surface area contributed by atoms with Gasteiger partial charge in [-0.3, -0.25) is 4.79 Å². The molecule has 0 unspecified atom stereocenters. The number of cyclic esters (lactones) is 1. The number of methoxy groups -OCH3 is 1. The van der Waals surface area contributed by atoms with Gasteiger partial charge < -0.3 is 25.3 Å². The Balaban J connectivity index is 1.78. The van der Waals surface area contributed by atoms with Gasteiger partial charge in [-0.05, 0) is 44.4 Å². The lowest BCUT2D eigenvalue weighted by molar-refractivity contribution is -0.142. The quantitative estimate of drug-likeness (QED) is 0.294. The Labute approximate surface area is 205 Å². The van der Waals surface area contributed by atoms with E-state index in [1.807, 2.05) is 0 Å². The number of hydrogen-bond donors (Lipinski definition) is 2. The van der Waals surface area contributed by atoms with E-state index in [0.717, 1.165) is 17.7 Å². The van der Waals surface area contributed by atoms with Crippen LogP contribution in [0.15, 0.2) is 35.9 Å². The summed E-state index contributed by atoms with van der Waals surface area (Å²) < 4.78 is 54.9. The van der Waals surface area contributed by atoms with Gasteiger partial charge in [0, 0.05) is 17.5 Å². The number of alkyl halides is 3. The fourth-order valence-electron chi connectivity index (χ4n) is 3.96. The van der Waals surface area contributed by atoms with E-state index in [9.17, 15) is 27.6 Å². The highest BCUT2D eigenvalue weighted by Gasteiger charge is 2.35. The fourth-order valence-corrected chi connectivity index (χ4v) is 3.96. The summed E-state index contributed by atoms with van der Waals surface area (Å²) in [5.41, 5.74) is 7.18. The normalized spacial score (nSPS) is 13.2. The molecular formula is C25H25F3N2O6. The van der Waals surface area contributed by atoms with Crippen LogP contribution in [0.4, 0.5) is 23.7 Å². The minimum Gasteiger partial charge on any atom is -0.496 e. The molecule has 0 fully saturated rings. The summed E-state index contributed by atoms with van der Waals surface area (Å²) in [5.74, 6) is -1.51. The second-order valence-electron chi connectivity index (χ2n) is 8.15. The van der Waals surface area contributed by atoms with E-state index in [4.69, 9.17) is 19.9 Å². The van der Waals surface area contributed by atoms with Crippen LogP contribution in [-0.2, 0) is 28.7 Å². The molecule has 2 amide bonds. The third-order valence-electron chi connectivity index (χ3n) is 5.72. The van der Waals surface area contributed by atoms with Gasteiger partial charge in [0.25, 0.3) is 0 Å². The van der Waals surface area contributed by atoms with Crippen LogP contribution in [0.3, 0.4) is 0 Å². The highest BCUT2D eigenvalue weighted by molar-refractivity contribution is 6.05. The number of esters is 2. The number of nitrogens with one attached hydrogen (secondary N) is 1. The van der Waals surface area contributed by atoms with Gasteiger partial charge in [0.1, 0.15) is 18.1 Å². The van der Waals surface area contributed by atoms with Crippen LogP contribution in [0.1, 0.15) is 52.4 Å². The van der Waals surface area contributed by atoms with E-state index in [1.165, 1.54) is 19.2 Å². The second-order valence-corrected chi connectivity index (χ2v) is 8.15. The standard InChI is InChI=1S/C25H25F3N2O6/c1-13(9-11-19(31)36-18-7-5-4-6-17(18)25(26,27)28)8-10-15-21(30-24(29)33)20-16(12-35-23(20)32)14(2)22(15)34-3/h4-8H,9-12H2,1-3H3,(H3,29,30,33). The largest absolute Gasteiger partial charge is 0.496 e. The number of allylic oxidation sites excluding steroid dienone is 2. The van der Waals surface area contributed by atoms with E-state index < -0.39 is 35.5 Å². The van der Waals surface area contributed by atoms with Crippen LogP contribution in [0, 0.1) is 6.92 Å². The zero-order chi connectivity index (χ0) is 26.6. The van der Waals surface area contributed by atoms with Gasteiger partial charge in [0.05, 0.1) is 23.9 Å². The summed E-state index contributed by atoms with van der Waals surface area (Å²) in [6.07, 6.45) is -2.64. The average molecular weight is 506 g/mol. The maximum atomic E-state index is 13.1. The van der Waals surface area contributed by atoms with Crippen LogP contribution in [0.25, 0.3) is 0 Å². The first kappa shape index (κ1) is 26.6. The van der Waals surface area contributed by atoms with E-state index in [2.05, 4.69) is 5.32 Å². The molecular weight excluding hydrogens is 481 g/mol. The van der Waals surface area contributed by atoms with Crippen LogP contribution in [0.2, 0.25) is 0 Å². The number of halogens is 3. The fraction of sp³-hybridized carbons (Fsp3) is 0.320. The molecule has 11 heteroatoms. The third-order valence-corrected chi connectivity index (χ3v) is 5.72. The number of hydrogen-bond acceptors (Lipinski definition) is 6. The zero-order valence-corrected chi connectivity index (χ0v) is 19.9. The molecule has 0 aromatic heterocycles. The Kier molecular flexibility index (Phi) is 7.91. The highest BCUT2D eigenvalue weighted by atomic mass is 19.4. The van der Waals surface area contributed by atoms with Crippen molar-refractivity contribution in [3.63, 3.8) is 0 Å². The molecule has 36 heavy (non-hydrogen) atoms. The predicted molar refractivity (Wildman–Crippen MR) is 124 cm³/mol. The smallest absolute Gasteiger partial charge is 0.419 e. The molecule has 8 nitrogen and oxygen atoms in total. The molecule has 0 spiro atoms. The summed E-state index contributed by atoms with van der Waals surface area (Å²) in [4.78, 5) is 36.2. The van der Waals surface area contributed by atoms with Gasteiger partial charge in [0.15, 0.2) is 0 Å². The van der Waals surface area contributed by atoms with Gasteiger partial charge in [-0.1, -0.05) is 23.8 Å². The maximum Gasteiger partial charge on any atom is 0.419 e. The van der Waals surface area contributed by atoms with E-state index >= 15 is 0 Å². The van der Waals surface area contributed by atoms with Crippen molar-refractivity contribution in [2.24, 2.45) is 5.73 Å². The molecule has 3 N–H and O–H groups in total. The summed E-state index contributed by atoms with van der Waals surface area (Å²) in [6, 6.07) is 3.62. The maximum absolute atomic E-state index is 13.1. The molecule has 192 valence electrons. The number of carbonyl (C=O) groups is 3. The number of primary amides is 1. The van der Waals surface area contributed by atoms with Crippen molar-refractivity contribution < 1.29 is 41.8 Å². The second kappa shape index (κ2) is 10.7. The molecule has 1 aliphatic heterocycles. The highest BCUT2D eigenvalue weighted by Crippen LogP contribution is 2.41. The Morgan fingerprint density at radius 3 is 2.56 bits per heavy atom. The van der Waals surface area contributed by atoms with E-state index in [1.54, 1.807) is 19.9 Å². The molecule has 1 heterocycles. The van der Waals surface area contributed by atoms with Crippen molar-refractivity contribution in [1.82, 2.24) is 0 Å². The molecule has 0 aliphatic carbocycles. The topological polar surface area (TPSA) is 117 Å². The van der Waals surface area contributed by atoms with E-state index in [-0.39, 0.29) is 37.1 Å². The van der Waals surface area contributed by atoms with Gasteiger partial charge >= 0.3 is 24.1 Å². The number of fused-ring (bicyclic) bond motifs is 1. The monoisotopic (exact) mass is 506 g/mol. The third kappa shape index (κ3) is 5.78. The van der Waals surface area contributed by atoms with Crippen LogP contribution < -0.4 is 20.5 Å². The number of anilines is 1. The van der Waals surface area contributed by atoms with Crippen LogP contribution in [-0.4, -0.2) is 25.1 Å². The molecule has 0 radical (unpaired) electrons. The minimum atomic E-state index is -4.65. The number of benzene rings is 2. The average Bonchev–Trinajstić information content (AvgIpc) is 3.19. The molecule has 2 aromatic carbocycles. The molecule has 2 aromatic rings. The molecule has 0 atom stereocenters. The molecule has 3 rings (SSSR count). The summed E-state index contributed by atoms with van der Waals surface area (Å²) in [7, 11) is 1.45. The van der Waals surface area contributed by atoms with Crippen LogP contribution >= 0.6 is 0 Å². The lowest BCUT2D eigenvalue weighted by atomic mass is 9.93.